The highest BCUT2D eigenvalue weighted by Gasteiger charge is 2.27. The van der Waals surface area contributed by atoms with Crippen LogP contribution in [0, 0.1) is 0 Å². The Balaban J connectivity index is 1.83. The summed E-state index contributed by atoms with van der Waals surface area (Å²) in [5.74, 6) is -0.345. The lowest BCUT2D eigenvalue weighted by Gasteiger charge is -2.25. The van der Waals surface area contributed by atoms with Crippen molar-refractivity contribution in [1.82, 2.24) is 5.32 Å². The molecule has 1 amide bonds. The number of halogens is 2. The van der Waals surface area contributed by atoms with Crippen LogP contribution in [0.25, 0.3) is 0 Å². The monoisotopic (exact) mass is 476 g/mol. The Bertz CT molecular complexity index is 1140. The third kappa shape index (κ3) is 5.79. The molecule has 8 heteroatoms. The van der Waals surface area contributed by atoms with Gasteiger partial charge in [-0.1, -0.05) is 78.7 Å². The number of rotatable bonds is 8. The van der Waals surface area contributed by atoms with Gasteiger partial charge in [0.15, 0.2) is 0 Å². The SMILES string of the molecule is C[C@H](CNC(=O)CN(c1ccc(Cl)c(Cl)c1)S(=O)(=O)c1ccccc1)c1ccccc1. The van der Waals surface area contributed by atoms with Gasteiger partial charge in [-0.2, -0.15) is 0 Å². The summed E-state index contributed by atoms with van der Waals surface area (Å²) in [7, 11) is -4.00. The number of nitrogens with zero attached hydrogens (tertiary/aromatic N) is 1. The predicted octanol–water partition coefficient (Wildman–Crippen LogP) is 5.11. The minimum atomic E-state index is -4.00. The van der Waals surface area contributed by atoms with Gasteiger partial charge in [0.05, 0.1) is 20.6 Å². The molecule has 1 N–H and O–H groups in total. The molecule has 31 heavy (non-hydrogen) atoms. The standard InChI is InChI=1S/C23H22Cl2N2O3S/c1-17(18-8-4-2-5-9-18)15-26-23(28)16-27(19-12-13-21(24)22(25)14-19)31(29,30)20-10-6-3-7-11-20/h2-14,17H,15-16H2,1H3,(H,26,28)/t17-/m1/s1. The van der Waals surface area contributed by atoms with Crippen molar-refractivity contribution in [2.45, 2.75) is 17.7 Å². The van der Waals surface area contributed by atoms with Crippen molar-refractivity contribution in [2.75, 3.05) is 17.4 Å². The second-order valence-electron chi connectivity index (χ2n) is 7.04. The number of carbonyl (C=O) groups excluding carboxylic acids is 1. The van der Waals surface area contributed by atoms with Crippen LogP contribution in [0.3, 0.4) is 0 Å². The van der Waals surface area contributed by atoms with Crippen molar-refractivity contribution in [3.8, 4) is 0 Å². The molecule has 0 fully saturated rings. The average molecular weight is 477 g/mol. The quantitative estimate of drug-likeness (QED) is 0.491. The zero-order chi connectivity index (χ0) is 22.4. The molecule has 3 aromatic carbocycles. The van der Waals surface area contributed by atoms with Gasteiger partial charge in [-0.05, 0) is 41.8 Å². The van der Waals surface area contributed by atoms with Crippen LogP contribution in [0.15, 0.2) is 83.8 Å². The van der Waals surface area contributed by atoms with Crippen molar-refractivity contribution in [3.63, 3.8) is 0 Å². The smallest absolute Gasteiger partial charge is 0.264 e. The molecule has 0 radical (unpaired) electrons. The topological polar surface area (TPSA) is 66.5 Å². The van der Waals surface area contributed by atoms with Crippen molar-refractivity contribution >= 4 is 44.8 Å². The maximum atomic E-state index is 13.3. The third-order valence-corrected chi connectivity index (χ3v) is 7.31. The zero-order valence-corrected chi connectivity index (χ0v) is 19.2. The number of benzene rings is 3. The van der Waals surface area contributed by atoms with Gasteiger partial charge in [0.2, 0.25) is 5.91 Å². The molecular weight excluding hydrogens is 455 g/mol. The summed E-state index contributed by atoms with van der Waals surface area (Å²) in [4.78, 5) is 12.8. The van der Waals surface area contributed by atoms with Crippen LogP contribution in [-0.4, -0.2) is 27.4 Å². The molecule has 0 aliphatic rings. The van der Waals surface area contributed by atoms with Crippen LogP contribution < -0.4 is 9.62 Å². The van der Waals surface area contributed by atoms with Gasteiger partial charge in [0.25, 0.3) is 10.0 Å². The maximum Gasteiger partial charge on any atom is 0.264 e. The van der Waals surface area contributed by atoms with E-state index < -0.39 is 22.5 Å². The molecule has 0 bridgehead atoms. The van der Waals surface area contributed by atoms with Crippen molar-refractivity contribution < 1.29 is 13.2 Å². The molecule has 162 valence electrons. The fraction of sp³-hybridized carbons (Fsp3) is 0.174. The lowest BCUT2D eigenvalue weighted by molar-refractivity contribution is -0.119. The summed E-state index contributed by atoms with van der Waals surface area (Å²) < 4.78 is 27.6. The largest absolute Gasteiger partial charge is 0.354 e. The van der Waals surface area contributed by atoms with Gasteiger partial charge in [0.1, 0.15) is 6.54 Å². The van der Waals surface area contributed by atoms with E-state index in [9.17, 15) is 13.2 Å². The van der Waals surface area contributed by atoms with Gasteiger partial charge in [0, 0.05) is 6.54 Å². The Morgan fingerprint density at radius 1 is 0.935 bits per heavy atom. The van der Waals surface area contributed by atoms with Crippen molar-refractivity contribution in [3.05, 3.63) is 94.5 Å². The molecular formula is C23H22Cl2N2O3S. The van der Waals surface area contributed by atoms with E-state index in [1.165, 1.54) is 30.3 Å². The summed E-state index contributed by atoms with van der Waals surface area (Å²) in [6, 6.07) is 22.2. The van der Waals surface area contributed by atoms with Gasteiger partial charge >= 0.3 is 0 Å². The van der Waals surface area contributed by atoms with Gasteiger partial charge in [-0.15, -0.1) is 0 Å². The highest BCUT2D eigenvalue weighted by Crippen LogP contribution is 2.30. The summed E-state index contributed by atoms with van der Waals surface area (Å²) in [5.41, 5.74) is 1.34. The molecule has 3 rings (SSSR count). The summed E-state index contributed by atoms with van der Waals surface area (Å²) >= 11 is 12.1. The first-order chi connectivity index (χ1) is 14.8. The predicted molar refractivity (Wildman–Crippen MR) is 125 cm³/mol. The fourth-order valence-electron chi connectivity index (χ4n) is 3.03. The van der Waals surface area contributed by atoms with E-state index in [0.717, 1.165) is 9.87 Å². The Kier molecular flexibility index (Phi) is 7.59. The summed E-state index contributed by atoms with van der Waals surface area (Å²) in [6.45, 7) is 1.98. The number of sulfonamides is 1. The van der Waals surface area contributed by atoms with Crippen LogP contribution in [0.4, 0.5) is 5.69 Å². The van der Waals surface area contributed by atoms with Crippen molar-refractivity contribution in [2.24, 2.45) is 0 Å². The molecule has 0 aromatic heterocycles. The molecule has 0 aliphatic carbocycles. The average Bonchev–Trinajstić information content (AvgIpc) is 2.79. The normalized spacial score (nSPS) is 12.2. The Hall–Kier alpha value is -2.54. The zero-order valence-electron chi connectivity index (χ0n) is 16.8. The van der Waals surface area contributed by atoms with Gasteiger partial charge in [-0.25, -0.2) is 8.42 Å². The number of hydrogen-bond donors (Lipinski definition) is 1. The van der Waals surface area contributed by atoms with E-state index in [4.69, 9.17) is 23.2 Å². The molecule has 0 unspecified atom stereocenters. The minimum Gasteiger partial charge on any atom is -0.354 e. The second-order valence-corrected chi connectivity index (χ2v) is 9.72. The molecule has 5 nitrogen and oxygen atoms in total. The lowest BCUT2D eigenvalue weighted by atomic mass is 10.0. The second kappa shape index (κ2) is 10.2. The Labute approximate surface area is 192 Å². The molecule has 0 saturated carbocycles. The molecule has 3 aromatic rings. The molecule has 1 atom stereocenters. The minimum absolute atomic E-state index is 0.0755. The summed E-state index contributed by atoms with van der Waals surface area (Å²) in [6.07, 6.45) is 0. The van der Waals surface area contributed by atoms with Crippen LogP contribution in [0.5, 0.6) is 0 Å². The van der Waals surface area contributed by atoms with Crippen LogP contribution in [-0.2, 0) is 14.8 Å². The number of carbonyl (C=O) groups is 1. The maximum absolute atomic E-state index is 13.3. The van der Waals surface area contributed by atoms with Crippen LogP contribution >= 0.6 is 23.2 Å². The van der Waals surface area contributed by atoms with E-state index >= 15 is 0 Å². The van der Waals surface area contributed by atoms with Crippen molar-refractivity contribution in [1.29, 1.82) is 0 Å². The van der Waals surface area contributed by atoms with E-state index in [2.05, 4.69) is 5.32 Å². The Morgan fingerprint density at radius 3 is 2.16 bits per heavy atom. The summed E-state index contributed by atoms with van der Waals surface area (Å²) in [5, 5.41) is 3.32. The number of hydrogen-bond acceptors (Lipinski definition) is 3. The highest BCUT2D eigenvalue weighted by atomic mass is 35.5. The Morgan fingerprint density at radius 2 is 1.55 bits per heavy atom. The first-order valence-electron chi connectivity index (χ1n) is 9.63. The molecule has 0 saturated heterocycles. The van der Waals surface area contributed by atoms with E-state index in [1.807, 2.05) is 37.3 Å². The molecule has 0 spiro atoms. The van der Waals surface area contributed by atoms with Crippen LogP contribution in [0.2, 0.25) is 10.0 Å². The first kappa shape index (κ1) is 23.1. The number of amides is 1. The van der Waals surface area contributed by atoms with E-state index in [-0.39, 0.29) is 21.5 Å². The van der Waals surface area contributed by atoms with Gasteiger partial charge < -0.3 is 5.32 Å². The van der Waals surface area contributed by atoms with E-state index in [1.54, 1.807) is 18.2 Å². The van der Waals surface area contributed by atoms with Gasteiger partial charge in [-0.3, -0.25) is 9.10 Å². The lowest BCUT2D eigenvalue weighted by Crippen LogP contribution is -2.41. The molecule has 0 heterocycles. The van der Waals surface area contributed by atoms with Crippen LogP contribution in [0.1, 0.15) is 18.4 Å². The first-order valence-corrected chi connectivity index (χ1v) is 11.8. The molecule has 0 aliphatic heterocycles. The van der Waals surface area contributed by atoms with E-state index in [0.29, 0.717) is 11.6 Å². The fourth-order valence-corrected chi connectivity index (χ4v) is 4.75. The third-order valence-electron chi connectivity index (χ3n) is 4.78. The number of nitrogens with one attached hydrogen (secondary N) is 1. The number of anilines is 1. The highest BCUT2D eigenvalue weighted by molar-refractivity contribution is 7.92.